The van der Waals surface area contributed by atoms with Crippen LogP contribution in [0.2, 0.25) is 0 Å². The minimum absolute atomic E-state index is 0.0297. The van der Waals surface area contributed by atoms with Gasteiger partial charge in [-0.05, 0) is 25.0 Å². The van der Waals surface area contributed by atoms with Gasteiger partial charge in [0.25, 0.3) is 5.91 Å². The van der Waals surface area contributed by atoms with Crippen molar-refractivity contribution in [3.63, 3.8) is 0 Å². The molecule has 1 aliphatic rings. The molecule has 1 saturated heterocycles. The third kappa shape index (κ3) is 3.08. The molecule has 0 bridgehead atoms. The van der Waals surface area contributed by atoms with Gasteiger partial charge in [0.1, 0.15) is 4.32 Å². The first-order valence-electron chi connectivity index (χ1n) is 7.84. The van der Waals surface area contributed by atoms with Gasteiger partial charge in [0.15, 0.2) is 0 Å². The van der Waals surface area contributed by atoms with Crippen LogP contribution in [0.5, 0.6) is 0 Å². The van der Waals surface area contributed by atoms with Gasteiger partial charge in [-0.15, -0.1) is 0 Å². The van der Waals surface area contributed by atoms with E-state index in [0.29, 0.717) is 16.8 Å². The van der Waals surface area contributed by atoms with Crippen molar-refractivity contribution in [1.29, 1.82) is 0 Å². The van der Waals surface area contributed by atoms with Crippen molar-refractivity contribution in [3.05, 3.63) is 40.9 Å². The Labute approximate surface area is 146 Å². The maximum atomic E-state index is 12.6. The zero-order valence-electron chi connectivity index (χ0n) is 13.6. The van der Waals surface area contributed by atoms with Crippen LogP contribution in [0.25, 0.3) is 17.0 Å². The van der Waals surface area contributed by atoms with Crippen molar-refractivity contribution in [3.8, 4) is 0 Å². The summed E-state index contributed by atoms with van der Waals surface area (Å²) in [7, 11) is 0. The molecule has 3 rings (SSSR count). The summed E-state index contributed by atoms with van der Waals surface area (Å²) in [4.78, 5) is 15.0. The maximum Gasteiger partial charge on any atom is 0.266 e. The number of aromatic nitrogens is 1. The number of carbonyl (C=O) groups is 1. The van der Waals surface area contributed by atoms with E-state index in [2.05, 4.69) is 43.7 Å². The van der Waals surface area contributed by atoms with Crippen molar-refractivity contribution >= 4 is 51.2 Å². The van der Waals surface area contributed by atoms with Crippen LogP contribution >= 0.6 is 24.0 Å². The maximum absolute atomic E-state index is 12.6. The molecule has 120 valence electrons. The van der Waals surface area contributed by atoms with E-state index in [-0.39, 0.29) is 5.91 Å². The Bertz CT molecular complexity index is 804. The van der Waals surface area contributed by atoms with Crippen LogP contribution in [0.3, 0.4) is 0 Å². The molecule has 0 radical (unpaired) electrons. The number of thioether (sulfide) groups is 1. The van der Waals surface area contributed by atoms with Crippen molar-refractivity contribution in [2.45, 2.75) is 27.3 Å². The molecule has 0 atom stereocenters. The topological polar surface area (TPSA) is 25.2 Å². The van der Waals surface area contributed by atoms with E-state index in [1.807, 2.05) is 18.2 Å². The molecule has 23 heavy (non-hydrogen) atoms. The summed E-state index contributed by atoms with van der Waals surface area (Å²) in [5, 5.41) is 1.17. The fourth-order valence-electron chi connectivity index (χ4n) is 2.82. The Hall–Kier alpha value is -1.59. The number of fused-ring (bicyclic) bond motifs is 1. The molecule has 3 nitrogen and oxygen atoms in total. The highest BCUT2D eigenvalue weighted by atomic mass is 32.2. The Kier molecular flexibility index (Phi) is 4.60. The predicted molar refractivity (Wildman–Crippen MR) is 102 cm³/mol. The van der Waals surface area contributed by atoms with E-state index in [0.717, 1.165) is 17.0 Å². The van der Waals surface area contributed by atoms with Crippen LogP contribution in [0.1, 0.15) is 26.3 Å². The largest absolute Gasteiger partial charge is 0.347 e. The molecule has 1 aliphatic heterocycles. The highest BCUT2D eigenvalue weighted by Gasteiger charge is 2.32. The number of carbonyl (C=O) groups excluding carboxylic acids is 1. The summed E-state index contributed by atoms with van der Waals surface area (Å²) in [5.41, 5.74) is 2.27. The Morgan fingerprint density at radius 2 is 2.04 bits per heavy atom. The van der Waals surface area contributed by atoms with Crippen molar-refractivity contribution in [1.82, 2.24) is 9.47 Å². The molecule has 1 fully saturated rings. The van der Waals surface area contributed by atoms with E-state index in [1.54, 1.807) is 4.90 Å². The van der Waals surface area contributed by atoms with Gasteiger partial charge in [0.05, 0.1) is 4.91 Å². The van der Waals surface area contributed by atoms with Gasteiger partial charge in [-0.2, -0.15) is 0 Å². The number of hydrogen-bond donors (Lipinski definition) is 0. The number of nitrogens with zero attached hydrogens (tertiary/aromatic N) is 2. The van der Waals surface area contributed by atoms with E-state index in [4.69, 9.17) is 12.2 Å². The molecule has 1 amide bonds. The number of amides is 1. The highest BCUT2D eigenvalue weighted by molar-refractivity contribution is 8.26. The van der Waals surface area contributed by atoms with Crippen molar-refractivity contribution < 1.29 is 4.79 Å². The monoisotopic (exact) mass is 344 g/mol. The van der Waals surface area contributed by atoms with E-state index in [1.165, 1.54) is 22.7 Å². The quantitative estimate of drug-likeness (QED) is 0.602. The minimum Gasteiger partial charge on any atom is -0.347 e. The number of thiocarbonyl (C=S) groups is 1. The first kappa shape index (κ1) is 16.3. The average molecular weight is 345 g/mol. The smallest absolute Gasteiger partial charge is 0.266 e. The molecular formula is C18H20N2OS2. The van der Waals surface area contributed by atoms with Gasteiger partial charge >= 0.3 is 0 Å². The van der Waals surface area contributed by atoms with Crippen LogP contribution in [0.4, 0.5) is 0 Å². The second kappa shape index (κ2) is 6.49. The molecule has 0 unspecified atom stereocenters. The third-order valence-electron chi connectivity index (χ3n) is 3.87. The van der Waals surface area contributed by atoms with Crippen LogP contribution < -0.4 is 0 Å². The second-order valence-electron chi connectivity index (χ2n) is 6.07. The summed E-state index contributed by atoms with van der Waals surface area (Å²) >= 11 is 6.78. The number of para-hydroxylation sites is 1. The van der Waals surface area contributed by atoms with E-state index >= 15 is 0 Å². The highest BCUT2D eigenvalue weighted by Crippen LogP contribution is 2.34. The van der Waals surface area contributed by atoms with Gasteiger partial charge in [-0.25, -0.2) is 0 Å². The molecule has 0 aliphatic carbocycles. The molecule has 2 heterocycles. The predicted octanol–water partition coefficient (Wildman–Crippen LogP) is 4.52. The molecular weight excluding hydrogens is 324 g/mol. The van der Waals surface area contributed by atoms with Crippen LogP contribution in [-0.2, 0) is 11.3 Å². The fourth-order valence-corrected chi connectivity index (χ4v) is 4.08. The first-order valence-corrected chi connectivity index (χ1v) is 9.07. The number of benzene rings is 1. The lowest BCUT2D eigenvalue weighted by molar-refractivity contribution is -0.122. The summed E-state index contributed by atoms with van der Waals surface area (Å²) in [6.07, 6.45) is 4.09. The fraction of sp³-hybridized carbons (Fsp3) is 0.333. The Balaban J connectivity index is 2.00. The van der Waals surface area contributed by atoms with Gasteiger partial charge in [0.2, 0.25) is 0 Å². The lowest BCUT2D eigenvalue weighted by Crippen LogP contribution is -2.31. The molecule has 0 spiro atoms. The van der Waals surface area contributed by atoms with Crippen LogP contribution in [0, 0.1) is 5.92 Å². The van der Waals surface area contributed by atoms with Crippen LogP contribution in [-0.4, -0.2) is 26.2 Å². The van der Waals surface area contributed by atoms with Crippen molar-refractivity contribution in [2.24, 2.45) is 5.92 Å². The van der Waals surface area contributed by atoms with Gasteiger partial charge < -0.3 is 4.57 Å². The normalized spacial score (nSPS) is 17.2. The van der Waals surface area contributed by atoms with E-state index < -0.39 is 0 Å². The molecule has 0 N–H and O–H groups in total. The summed E-state index contributed by atoms with van der Waals surface area (Å²) in [6.45, 7) is 7.90. The van der Waals surface area contributed by atoms with Crippen molar-refractivity contribution in [2.75, 3.05) is 6.54 Å². The summed E-state index contributed by atoms with van der Waals surface area (Å²) in [5.74, 6) is 0.431. The molecule has 2 aromatic rings. The lowest BCUT2D eigenvalue weighted by Gasteiger charge is -2.16. The SMILES string of the molecule is CCn1cc(/C=C2\SC(=S)N(CC(C)C)C2=O)c2ccccc21. The van der Waals surface area contributed by atoms with Gasteiger partial charge in [-0.3, -0.25) is 9.69 Å². The molecule has 1 aromatic carbocycles. The Morgan fingerprint density at radius 3 is 2.74 bits per heavy atom. The van der Waals surface area contributed by atoms with Gasteiger partial charge in [-0.1, -0.05) is 56.0 Å². The zero-order chi connectivity index (χ0) is 16.6. The molecule has 5 heteroatoms. The third-order valence-corrected chi connectivity index (χ3v) is 5.25. The Morgan fingerprint density at radius 1 is 1.30 bits per heavy atom. The number of hydrogen-bond acceptors (Lipinski definition) is 3. The van der Waals surface area contributed by atoms with Crippen LogP contribution in [0.15, 0.2) is 35.4 Å². The number of rotatable bonds is 4. The lowest BCUT2D eigenvalue weighted by atomic mass is 10.1. The molecule has 0 saturated carbocycles. The summed E-state index contributed by atoms with van der Waals surface area (Å²) in [6, 6.07) is 8.28. The summed E-state index contributed by atoms with van der Waals surface area (Å²) < 4.78 is 2.87. The van der Waals surface area contributed by atoms with E-state index in [9.17, 15) is 4.79 Å². The average Bonchev–Trinajstić information content (AvgIpc) is 3.00. The molecule has 1 aromatic heterocycles. The second-order valence-corrected chi connectivity index (χ2v) is 7.75. The minimum atomic E-state index is 0.0297. The van der Waals surface area contributed by atoms with Gasteiger partial charge in [0, 0.05) is 35.8 Å². The first-order chi connectivity index (χ1) is 11.0. The number of aryl methyl sites for hydroxylation is 1. The zero-order valence-corrected chi connectivity index (χ0v) is 15.2. The standard InChI is InChI=1S/C18H20N2OS2/c1-4-19-11-13(14-7-5-6-8-15(14)19)9-16-17(21)20(10-12(2)3)18(22)23-16/h5-9,11-12H,4,10H2,1-3H3/b16-9-.